The standard InChI is InChI=1S/C12H17NO/c1-9-6-7-12(14-3)11(10(9)2)5-4-8-13/h4-7H,8,13H2,1-3H3/b5-4+. The summed E-state index contributed by atoms with van der Waals surface area (Å²) in [6.07, 6.45) is 3.95. The van der Waals surface area contributed by atoms with Gasteiger partial charge in [0.2, 0.25) is 0 Å². The van der Waals surface area contributed by atoms with E-state index in [1.54, 1.807) is 7.11 Å². The number of benzene rings is 1. The molecule has 1 aromatic carbocycles. The molecular weight excluding hydrogens is 174 g/mol. The maximum Gasteiger partial charge on any atom is 0.126 e. The van der Waals surface area contributed by atoms with Gasteiger partial charge in [0.05, 0.1) is 7.11 Å². The Bertz CT molecular complexity index is 342. The van der Waals surface area contributed by atoms with Crippen molar-refractivity contribution in [1.29, 1.82) is 0 Å². The lowest BCUT2D eigenvalue weighted by Gasteiger charge is -2.10. The molecule has 0 spiro atoms. The molecular formula is C12H17NO. The third-order valence-corrected chi connectivity index (χ3v) is 2.39. The molecule has 2 nitrogen and oxygen atoms in total. The van der Waals surface area contributed by atoms with Gasteiger partial charge in [0.15, 0.2) is 0 Å². The van der Waals surface area contributed by atoms with Crippen molar-refractivity contribution in [1.82, 2.24) is 0 Å². The maximum absolute atomic E-state index is 5.43. The van der Waals surface area contributed by atoms with Crippen LogP contribution in [-0.4, -0.2) is 13.7 Å². The summed E-state index contributed by atoms with van der Waals surface area (Å²) in [5.41, 5.74) is 9.06. The first-order chi connectivity index (χ1) is 6.70. The van der Waals surface area contributed by atoms with Gasteiger partial charge in [-0.15, -0.1) is 0 Å². The predicted octanol–water partition coefficient (Wildman–Crippen LogP) is 2.28. The number of rotatable bonds is 3. The van der Waals surface area contributed by atoms with Gasteiger partial charge in [-0.1, -0.05) is 18.2 Å². The van der Waals surface area contributed by atoms with Crippen molar-refractivity contribution < 1.29 is 4.74 Å². The molecule has 0 unspecified atom stereocenters. The minimum Gasteiger partial charge on any atom is -0.496 e. The molecule has 0 aliphatic carbocycles. The summed E-state index contributed by atoms with van der Waals surface area (Å²) in [6, 6.07) is 4.05. The van der Waals surface area contributed by atoms with Crippen LogP contribution in [0.4, 0.5) is 0 Å². The second-order valence-electron chi connectivity index (χ2n) is 3.26. The van der Waals surface area contributed by atoms with E-state index in [1.807, 2.05) is 18.2 Å². The monoisotopic (exact) mass is 191 g/mol. The Morgan fingerprint density at radius 2 is 2.07 bits per heavy atom. The molecule has 0 bridgehead atoms. The van der Waals surface area contributed by atoms with Gasteiger partial charge in [-0.3, -0.25) is 0 Å². The smallest absolute Gasteiger partial charge is 0.126 e. The van der Waals surface area contributed by atoms with Crippen LogP contribution in [-0.2, 0) is 0 Å². The van der Waals surface area contributed by atoms with E-state index in [0.717, 1.165) is 11.3 Å². The minimum absolute atomic E-state index is 0.552. The topological polar surface area (TPSA) is 35.2 Å². The fraction of sp³-hybridized carbons (Fsp3) is 0.333. The molecule has 0 fully saturated rings. The molecule has 0 amide bonds. The number of hydrogen-bond donors (Lipinski definition) is 1. The molecule has 0 aliphatic heterocycles. The number of hydrogen-bond acceptors (Lipinski definition) is 2. The Morgan fingerprint density at radius 3 is 2.64 bits per heavy atom. The molecule has 1 aromatic rings. The third kappa shape index (κ3) is 2.15. The SMILES string of the molecule is COc1ccc(C)c(C)c1/C=C/CN. The van der Waals surface area contributed by atoms with Gasteiger partial charge in [0.1, 0.15) is 5.75 Å². The first-order valence-electron chi connectivity index (χ1n) is 4.71. The first-order valence-corrected chi connectivity index (χ1v) is 4.71. The van der Waals surface area contributed by atoms with Gasteiger partial charge in [-0.25, -0.2) is 0 Å². The highest BCUT2D eigenvalue weighted by Gasteiger charge is 2.04. The van der Waals surface area contributed by atoms with Gasteiger partial charge in [0, 0.05) is 12.1 Å². The summed E-state index contributed by atoms with van der Waals surface area (Å²) in [5, 5.41) is 0. The van der Waals surface area contributed by atoms with Crippen LogP contribution in [0.1, 0.15) is 16.7 Å². The van der Waals surface area contributed by atoms with E-state index in [9.17, 15) is 0 Å². The maximum atomic E-state index is 5.43. The summed E-state index contributed by atoms with van der Waals surface area (Å²) >= 11 is 0. The predicted molar refractivity (Wildman–Crippen MR) is 60.6 cm³/mol. The molecule has 0 aliphatic rings. The van der Waals surface area contributed by atoms with Gasteiger partial charge >= 0.3 is 0 Å². The largest absolute Gasteiger partial charge is 0.496 e. The van der Waals surface area contributed by atoms with E-state index in [4.69, 9.17) is 10.5 Å². The Balaban J connectivity index is 3.21. The lowest BCUT2D eigenvalue weighted by molar-refractivity contribution is 0.413. The Kier molecular flexibility index (Phi) is 3.72. The van der Waals surface area contributed by atoms with Gasteiger partial charge in [-0.05, 0) is 31.0 Å². The van der Waals surface area contributed by atoms with Gasteiger partial charge in [-0.2, -0.15) is 0 Å². The summed E-state index contributed by atoms with van der Waals surface area (Å²) < 4.78 is 5.29. The zero-order valence-corrected chi connectivity index (χ0v) is 9.00. The van der Waals surface area contributed by atoms with Crippen molar-refractivity contribution in [2.45, 2.75) is 13.8 Å². The first kappa shape index (κ1) is 10.8. The van der Waals surface area contributed by atoms with E-state index in [1.165, 1.54) is 11.1 Å². The molecule has 0 saturated carbocycles. The highest BCUT2D eigenvalue weighted by atomic mass is 16.5. The van der Waals surface area contributed by atoms with Crippen LogP contribution in [0.5, 0.6) is 5.75 Å². The Morgan fingerprint density at radius 1 is 1.36 bits per heavy atom. The molecule has 76 valence electrons. The van der Waals surface area contributed by atoms with Crippen molar-refractivity contribution in [2.24, 2.45) is 5.73 Å². The second kappa shape index (κ2) is 4.82. The average Bonchev–Trinajstić information content (AvgIpc) is 2.20. The van der Waals surface area contributed by atoms with Gasteiger partial charge < -0.3 is 10.5 Å². The second-order valence-corrected chi connectivity index (χ2v) is 3.26. The molecule has 2 N–H and O–H groups in total. The van der Waals surface area contributed by atoms with Gasteiger partial charge in [0.25, 0.3) is 0 Å². The summed E-state index contributed by atoms with van der Waals surface area (Å²) in [5.74, 6) is 0.901. The lowest BCUT2D eigenvalue weighted by atomic mass is 10.0. The van der Waals surface area contributed by atoms with Crippen LogP contribution in [0.2, 0.25) is 0 Å². The highest BCUT2D eigenvalue weighted by Crippen LogP contribution is 2.25. The highest BCUT2D eigenvalue weighted by molar-refractivity contribution is 5.62. The van der Waals surface area contributed by atoms with Crippen LogP contribution in [0.15, 0.2) is 18.2 Å². The summed E-state index contributed by atoms with van der Waals surface area (Å²) in [4.78, 5) is 0. The van der Waals surface area contributed by atoms with Crippen molar-refractivity contribution >= 4 is 6.08 Å². The zero-order chi connectivity index (χ0) is 10.6. The molecule has 0 aromatic heterocycles. The zero-order valence-electron chi connectivity index (χ0n) is 9.00. The van der Waals surface area contributed by atoms with E-state index >= 15 is 0 Å². The average molecular weight is 191 g/mol. The van der Waals surface area contributed by atoms with E-state index in [2.05, 4.69) is 19.9 Å². The fourth-order valence-corrected chi connectivity index (χ4v) is 1.38. The normalized spacial score (nSPS) is 10.9. The number of methoxy groups -OCH3 is 1. The van der Waals surface area contributed by atoms with Crippen molar-refractivity contribution in [2.75, 3.05) is 13.7 Å². The Hall–Kier alpha value is -1.28. The van der Waals surface area contributed by atoms with Crippen molar-refractivity contribution in [3.8, 4) is 5.75 Å². The van der Waals surface area contributed by atoms with Crippen LogP contribution in [0, 0.1) is 13.8 Å². The van der Waals surface area contributed by atoms with E-state index in [-0.39, 0.29) is 0 Å². The molecule has 1 rings (SSSR count). The molecule has 14 heavy (non-hydrogen) atoms. The lowest BCUT2D eigenvalue weighted by Crippen LogP contribution is -1.95. The van der Waals surface area contributed by atoms with Crippen LogP contribution >= 0.6 is 0 Å². The fourth-order valence-electron chi connectivity index (χ4n) is 1.38. The molecule has 0 radical (unpaired) electrons. The summed E-state index contributed by atoms with van der Waals surface area (Å²) in [7, 11) is 1.68. The minimum atomic E-state index is 0.552. The van der Waals surface area contributed by atoms with E-state index < -0.39 is 0 Å². The van der Waals surface area contributed by atoms with Crippen LogP contribution in [0.3, 0.4) is 0 Å². The third-order valence-electron chi connectivity index (χ3n) is 2.39. The number of nitrogens with two attached hydrogens (primary N) is 1. The molecule has 0 atom stereocenters. The number of ether oxygens (including phenoxy) is 1. The number of aryl methyl sites for hydroxylation is 1. The van der Waals surface area contributed by atoms with E-state index in [0.29, 0.717) is 6.54 Å². The molecule has 0 heterocycles. The summed E-state index contributed by atoms with van der Waals surface area (Å²) in [6.45, 7) is 4.74. The van der Waals surface area contributed by atoms with Crippen molar-refractivity contribution in [3.63, 3.8) is 0 Å². The molecule has 2 heteroatoms. The molecule has 0 saturated heterocycles. The van der Waals surface area contributed by atoms with Crippen molar-refractivity contribution in [3.05, 3.63) is 34.9 Å². The Labute approximate surface area is 85.4 Å². The quantitative estimate of drug-likeness (QED) is 0.795. The van der Waals surface area contributed by atoms with Crippen LogP contribution < -0.4 is 10.5 Å². The van der Waals surface area contributed by atoms with Crippen LogP contribution in [0.25, 0.3) is 6.08 Å².